The van der Waals surface area contributed by atoms with Crippen molar-refractivity contribution in [3.8, 4) is 0 Å². The number of hydrogen-bond acceptors (Lipinski definition) is 3. The smallest absolute Gasteiger partial charge is 0.203 e. The maximum absolute atomic E-state index is 4.42. The Bertz CT molecular complexity index is 352. The van der Waals surface area contributed by atoms with E-state index in [1.165, 1.54) is 25.9 Å². The van der Waals surface area contributed by atoms with E-state index < -0.39 is 0 Å². The first-order valence-corrected chi connectivity index (χ1v) is 7.15. The van der Waals surface area contributed by atoms with Crippen molar-refractivity contribution in [1.29, 1.82) is 0 Å². The van der Waals surface area contributed by atoms with Crippen LogP contribution in [-0.4, -0.2) is 40.1 Å². The van der Waals surface area contributed by atoms with Gasteiger partial charge in [0.15, 0.2) is 0 Å². The van der Waals surface area contributed by atoms with Gasteiger partial charge in [0.25, 0.3) is 0 Å². The monoisotopic (exact) mass is 250 g/mol. The first kappa shape index (κ1) is 13.4. The van der Waals surface area contributed by atoms with Gasteiger partial charge in [0.05, 0.1) is 0 Å². The quantitative estimate of drug-likeness (QED) is 0.842. The van der Waals surface area contributed by atoms with E-state index in [2.05, 4.69) is 46.7 Å². The molecule has 0 aliphatic carbocycles. The van der Waals surface area contributed by atoms with Crippen LogP contribution in [0.2, 0.25) is 0 Å². The van der Waals surface area contributed by atoms with Crippen LogP contribution in [0.5, 0.6) is 0 Å². The number of likely N-dealkylation sites (tertiary alicyclic amines) is 1. The molecule has 0 bridgehead atoms. The van der Waals surface area contributed by atoms with Crippen molar-refractivity contribution in [1.82, 2.24) is 14.5 Å². The molecule has 0 spiro atoms. The van der Waals surface area contributed by atoms with Gasteiger partial charge in [-0.05, 0) is 38.8 Å². The van der Waals surface area contributed by atoms with Crippen LogP contribution in [0.1, 0.15) is 33.6 Å². The van der Waals surface area contributed by atoms with Crippen LogP contribution in [0.15, 0.2) is 12.4 Å². The van der Waals surface area contributed by atoms with E-state index in [-0.39, 0.29) is 0 Å². The number of imidazole rings is 1. The summed E-state index contributed by atoms with van der Waals surface area (Å²) in [5.74, 6) is 1.66. The molecule has 1 N–H and O–H groups in total. The average Bonchev–Trinajstić information content (AvgIpc) is 2.91. The van der Waals surface area contributed by atoms with Gasteiger partial charge in [-0.2, -0.15) is 0 Å². The van der Waals surface area contributed by atoms with E-state index >= 15 is 0 Å². The minimum atomic E-state index is 0.455. The third-order valence-corrected chi connectivity index (χ3v) is 3.38. The first-order valence-electron chi connectivity index (χ1n) is 7.15. The molecule has 1 fully saturated rings. The molecule has 1 aromatic heterocycles. The van der Waals surface area contributed by atoms with E-state index in [1.807, 2.05) is 6.20 Å². The highest BCUT2D eigenvalue weighted by atomic mass is 15.2. The second kappa shape index (κ2) is 6.23. The summed E-state index contributed by atoms with van der Waals surface area (Å²) in [4.78, 5) is 6.95. The molecule has 2 heterocycles. The van der Waals surface area contributed by atoms with Crippen molar-refractivity contribution < 1.29 is 0 Å². The van der Waals surface area contributed by atoms with E-state index in [9.17, 15) is 0 Å². The first-order chi connectivity index (χ1) is 8.65. The van der Waals surface area contributed by atoms with Gasteiger partial charge in [0, 0.05) is 31.5 Å². The third kappa shape index (κ3) is 3.73. The Labute approximate surface area is 110 Å². The Hall–Kier alpha value is -1.03. The Morgan fingerprint density at radius 3 is 2.61 bits per heavy atom. The summed E-state index contributed by atoms with van der Waals surface area (Å²) in [5.41, 5.74) is 0. The summed E-state index contributed by atoms with van der Waals surface area (Å²) in [6.45, 7) is 11.4. The molecule has 1 aliphatic rings. The van der Waals surface area contributed by atoms with Crippen molar-refractivity contribution >= 4 is 5.95 Å². The molecular weight excluding hydrogens is 224 g/mol. The van der Waals surface area contributed by atoms with E-state index in [1.54, 1.807) is 0 Å². The van der Waals surface area contributed by atoms with E-state index in [0.717, 1.165) is 19.0 Å². The number of nitrogens with zero attached hydrogens (tertiary/aromatic N) is 3. The van der Waals surface area contributed by atoms with Crippen molar-refractivity contribution in [3.63, 3.8) is 0 Å². The highest BCUT2D eigenvalue weighted by Crippen LogP contribution is 2.12. The van der Waals surface area contributed by atoms with Crippen LogP contribution in [0.25, 0.3) is 0 Å². The fourth-order valence-corrected chi connectivity index (χ4v) is 2.61. The largest absolute Gasteiger partial charge is 0.352 e. The molecule has 4 nitrogen and oxygen atoms in total. The minimum Gasteiger partial charge on any atom is -0.352 e. The lowest BCUT2D eigenvalue weighted by Crippen LogP contribution is -2.33. The molecule has 1 aromatic rings. The molecule has 0 saturated carbocycles. The zero-order valence-corrected chi connectivity index (χ0v) is 11.9. The molecule has 1 atom stereocenters. The standard InChI is InChI=1S/C14H26N4/c1-12(2)10-18-9-6-15-14(18)16-13(3)11-17-7-4-5-8-17/h6,9,12-13H,4-5,7-8,10-11H2,1-3H3,(H,15,16). The number of rotatable bonds is 6. The highest BCUT2D eigenvalue weighted by Gasteiger charge is 2.15. The Kier molecular flexibility index (Phi) is 4.64. The van der Waals surface area contributed by atoms with Crippen molar-refractivity contribution in [2.75, 3.05) is 25.0 Å². The zero-order valence-electron chi connectivity index (χ0n) is 11.9. The third-order valence-electron chi connectivity index (χ3n) is 3.38. The Morgan fingerprint density at radius 1 is 1.22 bits per heavy atom. The predicted molar refractivity (Wildman–Crippen MR) is 75.8 cm³/mol. The molecule has 0 radical (unpaired) electrons. The number of aromatic nitrogens is 2. The summed E-state index contributed by atoms with van der Waals surface area (Å²) in [6.07, 6.45) is 6.65. The second-order valence-electron chi connectivity index (χ2n) is 5.85. The van der Waals surface area contributed by atoms with Gasteiger partial charge in [0.1, 0.15) is 0 Å². The lowest BCUT2D eigenvalue weighted by Gasteiger charge is -2.22. The summed E-state index contributed by atoms with van der Waals surface area (Å²) in [7, 11) is 0. The number of nitrogens with one attached hydrogen (secondary N) is 1. The summed E-state index contributed by atoms with van der Waals surface area (Å²) in [6, 6.07) is 0.455. The van der Waals surface area contributed by atoms with Gasteiger partial charge in [-0.15, -0.1) is 0 Å². The SMILES string of the molecule is CC(C)Cn1ccnc1NC(C)CN1CCCC1. The highest BCUT2D eigenvalue weighted by molar-refractivity contribution is 5.27. The van der Waals surface area contributed by atoms with Crippen LogP contribution < -0.4 is 5.32 Å². The predicted octanol–water partition coefficient (Wildman–Crippen LogP) is 2.44. The molecule has 1 aliphatic heterocycles. The lowest BCUT2D eigenvalue weighted by atomic mass is 10.2. The Balaban J connectivity index is 1.85. The molecule has 1 unspecified atom stereocenters. The van der Waals surface area contributed by atoms with Crippen LogP contribution in [0.3, 0.4) is 0 Å². The van der Waals surface area contributed by atoms with Gasteiger partial charge in [-0.1, -0.05) is 13.8 Å². The maximum atomic E-state index is 4.42. The van der Waals surface area contributed by atoms with Crippen LogP contribution in [0, 0.1) is 5.92 Å². The summed E-state index contributed by atoms with van der Waals surface area (Å²) in [5, 5.41) is 3.53. The summed E-state index contributed by atoms with van der Waals surface area (Å²) < 4.78 is 2.21. The van der Waals surface area contributed by atoms with Gasteiger partial charge < -0.3 is 14.8 Å². The van der Waals surface area contributed by atoms with Crippen LogP contribution in [-0.2, 0) is 6.54 Å². The lowest BCUT2D eigenvalue weighted by molar-refractivity contribution is 0.327. The zero-order chi connectivity index (χ0) is 13.0. The van der Waals surface area contributed by atoms with Gasteiger partial charge in [-0.3, -0.25) is 0 Å². The molecular formula is C14H26N4. The molecule has 0 amide bonds. The molecule has 2 rings (SSSR count). The van der Waals surface area contributed by atoms with Crippen LogP contribution in [0.4, 0.5) is 5.95 Å². The number of anilines is 1. The number of hydrogen-bond donors (Lipinski definition) is 1. The van der Waals surface area contributed by atoms with Gasteiger partial charge in [0.2, 0.25) is 5.95 Å². The molecule has 4 heteroatoms. The van der Waals surface area contributed by atoms with Crippen LogP contribution >= 0.6 is 0 Å². The van der Waals surface area contributed by atoms with E-state index in [0.29, 0.717) is 12.0 Å². The topological polar surface area (TPSA) is 33.1 Å². The Morgan fingerprint density at radius 2 is 1.94 bits per heavy atom. The molecule has 0 aromatic carbocycles. The second-order valence-corrected chi connectivity index (χ2v) is 5.85. The van der Waals surface area contributed by atoms with Gasteiger partial charge in [-0.25, -0.2) is 4.98 Å². The van der Waals surface area contributed by atoms with Gasteiger partial charge >= 0.3 is 0 Å². The minimum absolute atomic E-state index is 0.455. The van der Waals surface area contributed by atoms with E-state index in [4.69, 9.17) is 0 Å². The van der Waals surface area contributed by atoms with Crippen molar-refractivity contribution in [2.45, 2.75) is 46.2 Å². The van der Waals surface area contributed by atoms with Crippen molar-refractivity contribution in [2.24, 2.45) is 5.92 Å². The molecule has 102 valence electrons. The maximum Gasteiger partial charge on any atom is 0.203 e. The van der Waals surface area contributed by atoms with Crippen molar-refractivity contribution in [3.05, 3.63) is 12.4 Å². The molecule has 1 saturated heterocycles. The fraction of sp³-hybridized carbons (Fsp3) is 0.786. The molecule has 18 heavy (non-hydrogen) atoms. The normalized spacial score (nSPS) is 18.4. The summed E-state index contributed by atoms with van der Waals surface area (Å²) >= 11 is 0. The fourth-order valence-electron chi connectivity index (χ4n) is 2.61. The average molecular weight is 250 g/mol.